The van der Waals surface area contributed by atoms with E-state index in [9.17, 15) is 22.4 Å². The van der Waals surface area contributed by atoms with Gasteiger partial charge in [-0.15, -0.1) is 0 Å². The van der Waals surface area contributed by atoms with Crippen molar-refractivity contribution < 1.29 is 27.1 Å². The standard InChI is InChI=1S/C26H36FN3O5S/c1-19(2)17-28-26(32)20(3)29(18-21-8-10-22(27)11-9-21)25(31)7-6-16-30(36(5,33)34)23-12-14-24(35-4)15-13-23/h8-15,19-20H,6-7,16-18H2,1-5H3,(H,28,32)/t20-/m0/s1. The summed E-state index contributed by atoms with van der Waals surface area (Å²) in [7, 11) is -2.06. The molecule has 2 rings (SSSR count). The number of methoxy groups -OCH3 is 1. The SMILES string of the molecule is COc1ccc(N(CCCC(=O)N(Cc2ccc(F)cc2)[C@@H](C)C(=O)NCC(C)C)S(C)(=O)=O)cc1. The molecule has 0 saturated heterocycles. The van der Waals surface area contributed by atoms with Crippen molar-refractivity contribution in [1.82, 2.24) is 10.2 Å². The van der Waals surface area contributed by atoms with E-state index in [-0.39, 0.29) is 43.7 Å². The summed E-state index contributed by atoms with van der Waals surface area (Å²) < 4.78 is 44.5. The number of nitrogens with zero attached hydrogens (tertiary/aromatic N) is 2. The third kappa shape index (κ3) is 8.82. The minimum Gasteiger partial charge on any atom is -0.497 e. The van der Waals surface area contributed by atoms with Crippen molar-refractivity contribution in [2.24, 2.45) is 5.92 Å². The second-order valence-electron chi connectivity index (χ2n) is 9.10. The lowest BCUT2D eigenvalue weighted by atomic mass is 10.1. The van der Waals surface area contributed by atoms with Crippen molar-refractivity contribution in [3.8, 4) is 5.75 Å². The summed E-state index contributed by atoms with van der Waals surface area (Å²) in [6.07, 6.45) is 1.39. The third-order valence-electron chi connectivity index (χ3n) is 5.63. The van der Waals surface area contributed by atoms with Crippen LogP contribution in [0, 0.1) is 11.7 Å². The zero-order valence-electron chi connectivity index (χ0n) is 21.5. The highest BCUT2D eigenvalue weighted by Gasteiger charge is 2.26. The van der Waals surface area contributed by atoms with Gasteiger partial charge in [-0.25, -0.2) is 12.8 Å². The van der Waals surface area contributed by atoms with E-state index in [1.807, 2.05) is 13.8 Å². The number of anilines is 1. The highest BCUT2D eigenvalue weighted by molar-refractivity contribution is 7.92. The van der Waals surface area contributed by atoms with Crippen LogP contribution in [0.15, 0.2) is 48.5 Å². The van der Waals surface area contributed by atoms with Crippen LogP contribution in [0.25, 0.3) is 0 Å². The van der Waals surface area contributed by atoms with Gasteiger partial charge >= 0.3 is 0 Å². The maximum atomic E-state index is 13.4. The summed E-state index contributed by atoms with van der Waals surface area (Å²) in [6.45, 7) is 6.30. The number of hydrogen-bond acceptors (Lipinski definition) is 5. The zero-order valence-corrected chi connectivity index (χ0v) is 22.3. The fourth-order valence-corrected chi connectivity index (χ4v) is 4.54. The Kier molecular flexibility index (Phi) is 10.7. The summed E-state index contributed by atoms with van der Waals surface area (Å²) in [5.74, 6) is -0.116. The molecule has 0 unspecified atom stereocenters. The number of carbonyl (C=O) groups is 2. The van der Waals surface area contributed by atoms with Crippen LogP contribution >= 0.6 is 0 Å². The van der Waals surface area contributed by atoms with Gasteiger partial charge in [0.1, 0.15) is 17.6 Å². The van der Waals surface area contributed by atoms with Crippen LogP contribution in [0.4, 0.5) is 10.1 Å². The summed E-state index contributed by atoms with van der Waals surface area (Å²) in [5, 5.41) is 2.85. The van der Waals surface area contributed by atoms with E-state index in [0.717, 1.165) is 6.26 Å². The number of rotatable bonds is 13. The molecule has 0 fully saturated rings. The number of sulfonamides is 1. The van der Waals surface area contributed by atoms with E-state index in [0.29, 0.717) is 23.5 Å². The predicted octanol–water partition coefficient (Wildman–Crippen LogP) is 3.57. The largest absolute Gasteiger partial charge is 0.497 e. The molecule has 36 heavy (non-hydrogen) atoms. The van der Waals surface area contributed by atoms with Crippen LogP contribution in [0.2, 0.25) is 0 Å². The Bertz CT molecular complexity index is 1110. The Hall–Kier alpha value is -3.14. The molecule has 0 radical (unpaired) electrons. The molecular weight excluding hydrogens is 485 g/mol. The smallest absolute Gasteiger partial charge is 0.242 e. The predicted molar refractivity (Wildman–Crippen MR) is 139 cm³/mol. The lowest BCUT2D eigenvalue weighted by Gasteiger charge is -2.29. The Labute approximate surface area is 213 Å². The van der Waals surface area contributed by atoms with Crippen molar-refractivity contribution >= 4 is 27.5 Å². The molecule has 0 aliphatic carbocycles. The Morgan fingerprint density at radius 2 is 1.64 bits per heavy atom. The summed E-state index contributed by atoms with van der Waals surface area (Å²) in [6, 6.07) is 11.6. The van der Waals surface area contributed by atoms with Crippen molar-refractivity contribution in [2.45, 2.75) is 46.2 Å². The van der Waals surface area contributed by atoms with Crippen molar-refractivity contribution in [3.63, 3.8) is 0 Å². The van der Waals surface area contributed by atoms with Gasteiger partial charge in [-0.2, -0.15) is 0 Å². The number of benzene rings is 2. The molecular formula is C26H36FN3O5S. The Morgan fingerprint density at radius 1 is 1.03 bits per heavy atom. The number of hydrogen-bond donors (Lipinski definition) is 1. The van der Waals surface area contributed by atoms with Crippen molar-refractivity contribution in [2.75, 3.05) is 30.8 Å². The highest BCUT2D eigenvalue weighted by atomic mass is 32.2. The molecule has 0 spiro atoms. The number of carbonyl (C=O) groups excluding carboxylic acids is 2. The lowest BCUT2D eigenvalue weighted by molar-refractivity contribution is -0.140. The van der Waals surface area contributed by atoms with Crippen LogP contribution in [-0.4, -0.2) is 57.6 Å². The molecule has 2 amide bonds. The minimum absolute atomic E-state index is 0.0329. The first kappa shape index (κ1) is 29.1. The summed E-state index contributed by atoms with van der Waals surface area (Å²) >= 11 is 0. The topological polar surface area (TPSA) is 96.0 Å². The van der Waals surface area contributed by atoms with Crippen molar-refractivity contribution in [1.29, 1.82) is 0 Å². The minimum atomic E-state index is -3.59. The molecule has 2 aromatic carbocycles. The van der Waals surface area contributed by atoms with Gasteiger partial charge in [0.15, 0.2) is 0 Å². The van der Waals surface area contributed by atoms with E-state index in [1.165, 1.54) is 28.4 Å². The molecule has 1 atom stereocenters. The average molecular weight is 522 g/mol. The van der Waals surface area contributed by atoms with Gasteiger partial charge in [0.05, 0.1) is 19.1 Å². The molecule has 0 saturated carbocycles. The summed E-state index contributed by atoms with van der Waals surface area (Å²) in [5.41, 5.74) is 1.15. The Morgan fingerprint density at radius 3 is 2.17 bits per heavy atom. The zero-order chi connectivity index (χ0) is 26.9. The van der Waals surface area contributed by atoms with Gasteiger partial charge < -0.3 is 15.0 Å². The van der Waals surface area contributed by atoms with E-state index >= 15 is 0 Å². The fraction of sp³-hybridized carbons (Fsp3) is 0.462. The van der Waals surface area contributed by atoms with Gasteiger partial charge in [0, 0.05) is 26.1 Å². The molecule has 198 valence electrons. The van der Waals surface area contributed by atoms with Crippen LogP contribution < -0.4 is 14.4 Å². The molecule has 1 N–H and O–H groups in total. The molecule has 10 heteroatoms. The monoisotopic (exact) mass is 521 g/mol. The van der Waals surface area contributed by atoms with Crippen molar-refractivity contribution in [3.05, 3.63) is 59.9 Å². The summed E-state index contributed by atoms with van der Waals surface area (Å²) in [4.78, 5) is 27.4. The number of ether oxygens (including phenoxy) is 1. The number of halogens is 1. The van der Waals surface area contributed by atoms with Gasteiger partial charge in [-0.1, -0.05) is 26.0 Å². The van der Waals surface area contributed by atoms with Crippen LogP contribution in [-0.2, 0) is 26.2 Å². The van der Waals surface area contributed by atoms with Gasteiger partial charge in [0.2, 0.25) is 21.8 Å². The van der Waals surface area contributed by atoms with Crippen LogP contribution in [0.5, 0.6) is 5.75 Å². The van der Waals surface area contributed by atoms with Gasteiger partial charge in [0.25, 0.3) is 0 Å². The molecule has 0 heterocycles. The van der Waals surface area contributed by atoms with Gasteiger partial charge in [-0.05, 0) is 61.2 Å². The number of nitrogens with one attached hydrogen (secondary N) is 1. The normalized spacial score (nSPS) is 12.2. The molecule has 8 nitrogen and oxygen atoms in total. The maximum absolute atomic E-state index is 13.4. The van der Waals surface area contributed by atoms with Crippen LogP contribution in [0.3, 0.4) is 0 Å². The number of amides is 2. The fourth-order valence-electron chi connectivity index (χ4n) is 3.57. The molecule has 0 aromatic heterocycles. The van der Waals surface area contributed by atoms with E-state index in [1.54, 1.807) is 43.3 Å². The first-order valence-electron chi connectivity index (χ1n) is 11.9. The van der Waals surface area contributed by atoms with Crippen LogP contribution in [0.1, 0.15) is 39.2 Å². The van der Waals surface area contributed by atoms with E-state index < -0.39 is 21.9 Å². The second-order valence-corrected chi connectivity index (χ2v) is 11.0. The Balaban J connectivity index is 2.14. The lowest BCUT2D eigenvalue weighted by Crippen LogP contribution is -2.48. The first-order chi connectivity index (χ1) is 16.9. The molecule has 0 bridgehead atoms. The third-order valence-corrected chi connectivity index (χ3v) is 6.82. The second kappa shape index (κ2) is 13.2. The molecule has 0 aliphatic rings. The maximum Gasteiger partial charge on any atom is 0.242 e. The quantitative estimate of drug-likeness (QED) is 0.435. The average Bonchev–Trinajstić information content (AvgIpc) is 2.83. The first-order valence-corrected chi connectivity index (χ1v) is 13.7. The molecule has 2 aromatic rings. The van der Waals surface area contributed by atoms with E-state index in [4.69, 9.17) is 4.74 Å². The van der Waals surface area contributed by atoms with Gasteiger partial charge in [-0.3, -0.25) is 13.9 Å². The highest BCUT2D eigenvalue weighted by Crippen LogP contribution is 2.22. The molecule has 0 aliphatic heterocycles. The van der Waals surface area contributed by atoms with E-state index in [2.05, 4.69) is 5.32 Å².